The Morgan fingerprint density at radius 1 is 1.33 bits per heavy atom. The molecule has 0 N–H and O–H groups in total. The van der Waals surface area contributed by atoms with Crippen LogP contribution in [0.2, 0.25) is 5.02 Å². The Kier molecular flexibility index (Phi) is 4.92. The summed E-state index contributed by atoms with van der Waals surface area (Å²) in [5.74, 6) is -2.97. The Balaban J connectivity index is 2.04. The summed E-state index contributed by atoms with van der Waals surface area (Å²) in [4.78, 5) is 13.9. The second-order valence-electron chi connectivity index (χ2n) is 6.42. The molecule has 146 valence electrons. The second kappa shape index (κ2) is 6.78. The Hall–Kier alpha value is -2.16. The molecular formula is C17H15ClF5N3O. The van der Waals surface area contributed by atoms with Crippen molar-refractivity contribution in [3.63, 3.8) is 0 Å². The molecule has 1 fully saturated rings. The molecule has 4 nitrogen and oxygen atoms in total. The summed E-state index contributed by atoms with van der Waals surface area (Å²) in [6.07, 6.45) is -3.75. The number of aryl methyl sites for hydroxylation is 2. The van der Waals surface area contributed by atoms with Crippen LogP contribution in [0.15, 0.2) is 12.1 Å². The van der Waals surface area contributed by atoms with Gasteiger partial charge in [0.25, 0.3) is 5.91 Å². The molecule has 3 rings (SSSR count). The zero-order valence-electron chi connectivity index (χ0n) is 14.4. The highest BCUT2D eigenvalue weighted by atomic mass is 35.5. The van der Waals surface area contributed by atoms with E-state index in [0.29, 0.717) is 18.9 Å². The fourth-order valence-corrected chi connectivity index (χ4v) is 3.13. The SMILES string of the molecule is Cc1nn(C)c(F)c1C(=O)N(Cc1c(C(F)(F)F)ccc(Cl)c1F)C1CC1. The van der Waals surface area contributed by atoms with Crippen LogP contribution in [0, 0.1) is 18.7 Å². The Labute approximate surface area is 156 Å². The predicted molar refractivity (Wildman–Crippen MR) is 87.2 cm³/mol. The first kappa shape index (κ1) is 19.6. The van der Waals surface area contributed by atoms with Crippen molar-refractivity contribution in [1.29, 1.82) is 0 Å². The van der Waals surface area contributed by atoms with Crippen molar-refractivity contribution in [3.05, 3.63) is 51.3 Å². The summed E-state index contributed by atoms with van der Waals surface area (Å²) in [7, 11) is 1.30. The fraction of sp³-hybridized carbons (Fsp3) is 0.412. The smallest absolute Gasteiger partial charge is 0.331 e. The zero-order valence-corrected chi connectivity index (χ0v) is 15.1. The fourth-order valence-electron chi connectivity index (χ4n) is 2.95. The van der Waals surface area contributed by atoms with Gasteiger partial charge >= 0.3 is 6.18 Å². The quantitative estimate of drug-likeness (QED) is 0.701. The molecule has 2 aromatic rings. The molecule has 1 aliphatic rings. The Morgan fingerprint density at radius 2 is 1.96 bits per heavy atom. The summed E-state index contributed by atoms with van der Waals surface area (Å²) in [5, 5.41) is 3.33. The molecule has 27 heavy (non-hydrogen) atoms. The summed E-state index contributed by atoms with van der Waals surface area (Å²) in [6.45, 7) is 0.751. The normalized spacial score (nSPS) is 14.5. The van der Waals surface area contributed by atoms with Gasteiger partial charge in [-0.15, -0.1) is 0 Å². The molecule has 0 saturated heterocycles. The minimum atomic E-state index is -4.82. The van der Waals surface area contributed by atoms with Gasteiger partial charge in [0, 0.05) is 25.2 Å². The van der Waals surface area contributed by atoms with Crippen molar-refractivity contribution in [3.8, 4) is 0 Å². The lowest BCUT2D eigenvalue weighted by Crippen LogP contribution is -2.34. The maximum absolute atomic E-state index is 14.4. The van der Waals surface area contributed by atoms with Gasteiger partial charge in [0.15, 0.2) is 0 Å². The number of carbonyl (C=O) groups excluding carboxylic acids is 1. The number of amides is 1. The number of hydrogen-bond donors (Lipinski definition) is 0. The number of nitrogens with zero attached hydrogens (tertiary/aromatic N) is 3. The largest absolute Gasteiger partial charge is 0.416 e. The summed E-state index contributed by atoms with van der Waals surface area (Å²) >= 11 is 5.65. The third-order valence-electron chi connectivity index (χ3n) is 4.44. The van der Waals surface area contributed by atoms with Crippen molar-refractivity contribution in [2.75, 3.05) is 0 Å². The molecule has 1 heterocycles. The first-order valence-corrected chi connectivity index (χ1v) is 8.44. The lowest BCUT2D eigenvalue weighted by molar-refractivity contribution is -0.138. The maximum Gasteiger partial charge on any atom is 0.416 e. The van der Waals surface area contributed by atoms with Crippen molar-refractivity contribution >= 4 is 17.5 Å². The van der Waals surface area contributed by atoms with E-state index in [0.717, 1.165) is 15.6 Å². The van der Waals surface area contributed by atoms with Crippen molar-refractivity contribution in [2.45, 2.75) is 38.5 Å². The number of rotatable bonds is 4. The van der Waals surface area contributed by atoms with Crippen LogP contribution in [0.3, 0.4) is 0 Å². The molecule has 0 bridgehead atoms. The third-order valence-corrected chi connectivity index (χ3v) is 4.74. The number of carbonyl (C=O) groups is 1. The highest BCUT2D eigenvalue weighted by Gasteiger charge is 2.40. The minimum absolute atomic E-state index is 0.105. The van der Waals surface area contributed by atoms with Gasteiger partial charge in [0.05, 0.1) is 16.3 Å². The van der Waals surface area contributed by atoms with Gasteiger partial charge in [0.1, 0.15) is 11.4 Å². The molecule has 1 saturated carbocycles. The molecule has 0 aliphatic heterocycles. The van der Waals surface area contributed by atoms with Crippen LogP contribution in [-0.4, -0.2) is 26.6 Å². The molecule has 0 radical (unpaired) electrons. The molecule has 0 spiro atoms. The van der Waals surface area contributed by atoms with E-state index < -0.39 is 52.6 Å². The first-order valence-electron chi connectivity index (χ1n) is 8.06. The molecule has 0 unspecified atom stereocenters. The molecule has 1 aromatic heterocycles. The van der Waals surface area contributed by atoms with Crippen LogP contribution >= 0.6 is 11.6 Å². The van der Waals surface area contributed by atoms with E-state index in [1.54, 1.807) is 0 Å². The summed E-state index contributed by atoms with van der Waals surface area (Å²) < 4.78 is 69.4. The number of aromatic nitrogens is 2. The number of benzene rings is 1. The van der Waals surface area contributed by atoms with Crippen LogP contribution in [0.1, 0.15) is 40.0 Å². The van der Waals surface area contributed by atoms with Gasteiger partial charge < -0.3 is 4.90 Å². The Morgan fingerprint density at radius 3 is 2.44 bits per heavy atom. The van der Waals surface area contributed by atoms with Crippen molar-refractivity contribution in [1.82, 2.24) is 14.7 Å². The van der Waals surface area contributed by atoms with Crippen LogP contribution in [0.25, 0.3) is 0 Å². The molecular weight excluding hydrogens is 393 g/mol. The molecule has 1 amide bonds. The van der Waals surface area contributed by atoms with E-state index in [-0.39, 0.29) is 11.3 Å². The number of halogens is 6. The number of hydrogen-bond acceptors (Lipinski definition) is 2. The summed E-state index contributed by atoms with van der Waals surface area (Å²) in [5.41, 5.74) is -2.18. The lowest BCUT2D eigenvalue weighted by Gasteiger charge is -2.25. The van der Waals surface area contributed by atoms with Gasteiger partial charge in [-0.05, 0) is 31.9 Å². The van der Waals surface area contributed by atoms with E-state index in [1.807, 2.05) is 0 Å². The highest BCUT2D eigenvalue weighted by molar-refractivity contribution is 6.30. The van der Waals surface area contributed by atoms with Gasteiger partial charge in [-0.3, -0.25) is 4.79 Å². The van der Waals surface area contributed by atoms with Crippen molar-refractivity contribution < 1.29 is 26.7 Å². The third kappa shape index (κ3) is 3.65. The summed E-state index contributed by atoms with van der Waals surface area (Å²) in [6, 6.07) is 1.10. The van der Waals surface area contributed by atoms with Gasteiger partial charge in [-0.2, -0.15) is 22.7 Å². The predicted octanol–water partition coefficient (Wildman–Crippen LogP) is 4.48. The monoisotopic (exact) mass is 407 g/mol. The number of alkyl halides is 3. The van der Waals surface area contributed by atoms with Gasteiger partial charge in [-0.25, -0.2) is 9.07 Å². The van der Waals surface area contributed by atoms with Crippen LogP contribution in [0.5, 0.6) is 0 Å². The first-order chi connectivity index (χ1) is 12.5. The van der Waals surface area contributed by atoms with Gasteiger partial charge in [-0.1, -0.05) is 11.6 Å². The van der Waals surface area contributed by atoms with Crippen LogP contribution < -0.4 is 0 Å². The topological polar surface area (TPSA) is 38.1 Å². The molecule has 0 atom stereocenters. The van der Waals surface area contributed by atoms with E-state index in [4.69, 9.17) is 11.6 Å². The van der Waals surface area contributed by atoms with Gasteiger partial charge in [0.2, 0.25) is 5.95 Å². The second-order valence-corrected chi connectivity index (χ2v) is 6.83. The highest BCUT2D eigenvalue weighted by Crippen LogP contribution is 2.38. The maximum atomic E-state index is 14.4. The average Bonchev–Trinajstić information content (AvgIpc) is 3.35. The van der Waals surface area contributed by atoms with E-state index in [9.17, 15) is 26.7 Å². The minimum Gasteiger partial charge on any atom is -0.331 e. The lowest BCUT2D eigenvalue weighted by atomic mass is 10.0. The average molecular weight is 408 g/mol. The zero-order chi connectivity index (χ0) is 20.1. The molecule has 10 heteroatoms. The Bertz CT molecular complexity index is 905. The molecule has 1 aliphatic carbocycles. The standard InChI is InChI=1S/C17H15ClF5N3O/c1-8-13(15(20)25(2)24-8)16(27)26(9-3-4-9)7-10-11(17(21,22)23)5-6-12(18)14(10)19/h5-6,9H,3-4,7H2,1-2H3. The van der Waals surface area contributed by atoms with E-state index in [2.05, 4.69) is 5.10 Å². The van der Waals surface area contributed by atoms with Crippen molar-refractivity contribution in [2.24, 2.45) is 7.05 Å². The van der Waals surface area contributed by atoms with E-state index >= 15 is 0 Å². The van der Waals surface area contributed by atoms with Crippen LogP contribution in [-0.2, 0) is 19.8 Å². The van der Waals surface area contributed by atoms with Crippen LogP contribution in [0.4, 0.5) is 22.0 Å². The van der Waals surface area contributed by atoms with E-state index in [1.165, 1.54) is 14.0 Å². The molecule has 1 aromatic carbocycles.